The monoisotopic (exact) mass is 546 g/mol. The number of carboxylic acid groups (broad SMARTS) is 1. The number of carbonyl (C=O) groups excluding carboxylic acids is 2. The van der Waals surface area contributed by atoms with Crippen molar-refractivity contribution in [2.24, 2.45) is 5.92 Å². The number of pyridine rings is 1. The second-order valence-electron chi connectivity index (χ2n) is 10.2. The molecule has 10 heteroatoms. The molecule has 0 unspecified atom stereocenters. The lowest BCUT2D eigenvalue weighted by Crippen LogP contribution is -2.49. The summed E-state index contributed by atoms with van der Waals surface area (Å²) < 4.78 is 6.43. The minimum atomic E-state index is -0.966. The molecule has 1 aromatic heterocycles. The molecule has 3 aromatic rings. The summed E-state index contributed by atoms with van der Waals surface area (Å²) in [7, 11) is 1.96. The van der Waals surface area contributed by atoms with Crippen LogP contribution in [0.3, 0.4) is 0 Å². The predicted octanol–water partition coefficient (Wildman–Crippen LogP) is 3.38. The molecule has 40 heavy (non-hydrogen) atoms. The zero-order valence-electron chi connectivity index (χ0n) is 22.8. The van der Waals surface area contributed by atoms with Crippen molar-refractivity contribution < 1.29 is 29.3 Å². The van der Waals surface area contributed by atoms with Gasteiger partial charge in [-0.2, -0.15) is 0 Å². The van der Waals surface area contributed by atoms with Gasteiger partial charge in [0.15, 0.2) is 0 Å². The number of nitrogens with zero attached hydrogens (tertiary/aromatic N) is 3. The average molecular weight is 547 g/mol. The Hall–Kier alpha value is -4.28. The summed E-state index contributed by atoms with van der Waals surface area (Å²) in [5.41, 5.74) is 2.39. The van der Waals surface area contributed by atoms with E-state index in [-0.39, 0.29) is 36.0 Å². The van der Waals surface area contributed by atoms with Gasteiger partial charge in [-0.05, 0) is 62.0 Å². The highest BCUT2D eigenvalue weighted by atomic mass is 16.5. The molecule has 3 atom stereocenters. The van der Waals surface area contributed by atoms with E-state index in [9.17, 15) is 19.5 Å². The van der Waals surface area contributed by atoms with Crippen molar-refractivity contribution >= 4 is 23.5 Å². The van der Waals surface area contributed by atoms with E-state index in [1.54, 1.807) is 66.4 Å². The van der Waals surface area contributed by atoms with Crippen molar-refractivity contribution in [2.75, 3.05) is 32.1 Å². The van der Waals surface area contributed by atoms with Crippen LogP contribution in [0.1, 0.15) is 50.5 Å². The predicted molar refractivity (Wildman–Crippen MR) is 150 cm³/mol. The summed E-state index contributed by atoms with van der Waals surface area (Å²) in [6.07, 6.45) is 2.77. The summed E-state index contributed by atoms with van der Waals surface area (Å²) in [5.74, 6) is -1.24. The number of likely N-dealkylation sites (N-methyl/N-ethyl adjacent to an activating group) is 1. The number of aliphatic hydroxyl groups is 1. The van der Waals surface area contributed by atoms with E-state index >= 15 is 0 Å². The number of anilines is 1. The van der Waals surface area contributed by atoms with Crippen LogP contribution in [0.4, 0.5) is 5.69 Å². The Kier molecular flexibility index (Phi) is 9.13. The number of carbonyl (C=O) groups is 3. The van der Waals surface area contributed by atoms with Crippen LogP contribution in [0.2, 0.25) is 0 Å². The van der Waals surface area contributed by atoms with Crippen LogP contribution in [0, 0.1) is 5.92 Å². The topological polar surface area (TPSA) is 132 Å². The summed E-state index contributed by atoms with van der Waals surface area (Å²) >= 11 is 0. The van der Waals surface area contributed by atoms with E-state index in [4.69, 9.17) is 9.84 Å². The molecule has 3 N–H and O–H groups in total. The molecule has 0 radical (unpaired) electrons. The highest BCUT2D eigenvalue weighted by Gasteiger charge is 2.33. The van der Waals surface area contributed by atoms with Gasteiger partial charge in [0.1, 0.15) is 11.9 Å². The van der Waals surface area contributed by atoms with Crippen molar-refractivity contribution in [3.8, 4) is 5.75 Å². The number of ether oxygens (including phenoxy) is 1. The number of hydrogen-bond acceptors (Lipinski definition) is 7. The van der Waals surface area contributed by atoms with Crippen LogP contribution >= 0.6 is 0 Å². The molecular formula is C30H34N4O6. The molecule has 2 aromatic carbocycles. The van der Waals surface area contributed by atoms with Gasteiger partial charge in [-0.3, -0.25) is 19.5 Å². The average Bonchev–Trinajstić information content (AvgIpc) is 2.95. The largest absolute Gasteiger partial charge is 0.488 e. The summed E-state index contributed by atoms with van der Waals surface area (Å²) in [5, 5.41) is 21.9. The third kappa shape index (κ3) is 6.83. The molecule has 1 aliphatic heterocycles. The zero-order valence-corrected chi connectivity index (χ0v) is 22.8. The van der Waals surface area contributed by atoms with Crippen LogP contribution < -0.4 is 10.1 Å². The normalized spacial score (nSPS) is 17.8. The first kappa shape index (κ1) is 28.7. The van der Waals surface area contributed by atoms with E-state index in [2.05, 4.69) is 15.2 Å². The van der Waals surface area contributed by atoms with E-state index in [0.717, 1.165) is 5.56 Å². The number of amides is 2. The molecule has 10 nitrogen and oxygen atoms in total. The molecule has 2 amide bonds. The Bertz CT molecular complexity index is 1350. The number of nitrogens with one attached hydrogen (secondary N) is 1. The van der Waals surface area contributed by atoms with Crippen LogP contribution in [-0.4, -0.2) is 81.7 Å². The molecule has 0 saturated carbocycles. The number of aliphatic hydroxyl groups excluding tert-OH is 1. The molecule has 0 fully saturated rings. The minimum absolute atomic E-state index is 0.0611. The Morgan fingerprint density at radius 2 is 1.82 bits per heavy atom. The van der Waals surface area contributed by atoms with Crippen molar-refractivity contribution in [2.45, 2.75) is 32.5 Å². The second kappa shape index (κ2) is 12.7. The number of rotatable bonds is 9. The van der Waals surface area contributed by atoms with Crippen molar-refractivity contribution in [3.63, 3.8) is 0 Å². The Balaban J connectivity index is 1.57. The van der Waals surface area contributed by atoms with Gasteiger partial charge in [0.2, 0.25) is 0 Å². The van der Waals surface area contributed by atoms with E-state index < -0.39 is 12.0 Å². The summed E-state index contributed by atoms with van der Waals surface area (Å²) in [6, 6.07) is 14.5. The lowest BCUT2D eigenvalue weighted by atomic mass is 9.99. The van der Waals surface area contributed by atoms with Gasteiger partial charge in [0.25, 0.3) is 11.8 Å². The molecule has 210 valence electrons. The fourth-order valence-electron chi connectivity index (χ4n) is 4.66. The summed E-state index contributed by atoms with van der Waals surface area (Å²) in [6.45, 7) is 5.11. The minimum Gasteiger partial charge on any atom is -0.488 e. The van der Waals surface area contributed by atoms with Gasteiger partial charge in [-0.25, -0.2) is 4.79 Å². The van der Waals surface area contributed by atoms with Crippen LogP contribution in [0.15, 0.2) is 67.0 Å². The van der Waals surface area contributed by atoms with E-state index in [1.165, 1.54) is 12.4 Å². The van der Waals surface area contributed by atoms with E-state index in [1.807, 2.05) is 14.0 Å². The highest BCUT2D eigenvalue weighted by Crippen LogP contribution is 2.31. The lowest BCUT2D eigenvalue weighted by Gasteiger charge is -2.38. The fourth-order valence-corrected chi connectivity index (χ4v) is 4.66. The SMILES string of the molecule is C[C@@H]1CN([C@@H](C)CO)C(=O)c2cc(NC(=O)c3ccncc3)ccc2O[C@@H]1CN(C)Cc1ccc(C(=O)O)cc1. The van der Waals surface area contributed by atoms with Crippen molar-refractivity contribution in [1.82, 2.24) is 14.8 Å². The van der Waals surface area contributed by atoms with Gasteiger partial charge in [0.05, 0.1) is 23.8 Å². The van der Waals surface area contributed by atoms with Gasteiger partial charge in [-0.1, -0.05) is 19.1 Å². The van der Waals surface area contributed by atoms with Gasteiger partial charge in [0, 0.05) is 49.2 Å². The molecular weight excluding hydrogens is 512 g/mol. The summed E-state index contributed by atoms with van der Waals surface area (Å²) in [4.78, 5) is 45.2. The lowest BCUT2D eigenvalue weighted by molar-refractivity contribution is 0.0341. The van der Waals surface area contributed by atoms with E-state index in [0.29, 0.717) is 42.2 Å². The number of fused-ring (bicyclic) bond motifs is 1. The zero-order chi connectivity index (χ0) is 28.8. The first-order valence-corrected chi connectivity index (χ1v) is 13.1. The number of aromatic nitrogens is 1. The number of carboxylic acids is 1. The fraction of sp³-hybridized carbons (Fsp3) is 0.333. The maximum Gasteiger partial charge on any atom is 0.335 e. The molecule has 0 aliphatic carbocycles. The maximum atomic E-state index is 13.7. The number of benzene rings is 2. The Morgan fingerprint density at radius 1 is 1.12 bits per heavy atom. The second-order valence-corrected chi connectivity index (χ2v) is 10.2. The van der Waals surface area contributed by atoms with Crippen LogP contribution in [0.25, 0.3) is 0 Å². The molecule has 1 aliphatic rings. The quantitative estimate of drug-likeness (QED) is 0.372. The van der Waals surface area contributed by atoms with Crippen molar-refractivity contribution in [3.05, 3.63) is 89.2 Å². The van der Waals surface area contributed by atoms with Crippen LogP contribution in [-0.2, 0) is 6.54 Å². The molecule has 0 saturated heterocycles. The van der Waals surface area contributed by atoms with Gasteiger partial charge >= 0.3 is 5.97 Å². The molecule has 2 heterocycles. The molecule has 0 spiro atoms. The maximum absolute atomic E-state index is 13.7. The van der Waals surface area contributed by atoms with Gasteiger partial charge < -0.3 is 25.2 Å². The van der Waals surface area contributed by atoms with Crippen molar-refractivity contribution in [1.29, 1.82) is 0 Å². The number of aromatic carboxylic acids is 1. The first-order valence-electron chi connectivity index (χ1n) is 13.1. The van der Waals surface area contributed by atoms with Gasteiger partial charge in [-0.15, -0.1) is 0 Å². The molecule has 0 bridgehead atoms. The molecule has 4 rings (SSSR count). The third-order valence-corrected chi connectivity index (χ3v) is 7.01. The standard InChI is InChI=1S/C30H34N4O6/c1-19-15-34(20(2)18-35)29(37)25-14-24(32-28(36)22-10-12-31-13-11-22)8-9-26(25)40-27(19)17-33(3)16-21-4-6-23(7-5-21)30(38)39/h4-14,19-20,27,35H,15-18H2,1-3H3,(H,32,36)(H,38,39)/t19-,20+,27-/m1/s1. The third-order valence-electron chi connectivity index (χ3n) is 7.01. The Labute approximate surface area is 233 Å². The van der Waals surface area contributed by atoms with Crippen LogP contribution in [0.5, 0.6) is 5.75 Å². The first-order chi connectivity index (χ1) is 19.2. The number of hydrogen-bond donors (Lipinski definition) is 3. The smallest absolute Gasteiger partial charge is 0.335 e. The Morgan fingerprint density at radius 3 is 2.48 bits per heavy atom. The highest BCUT2D eigenvalue weighted by molar-refractivity contribution is 6.05.